The third kappa shape index (κ3) is 4.27. The standard InChI is InChI=1S/C24H21ClN2O3S/c1-4-30-24(28)16-9-11-20(29-3)21(13-16)31-22-14-27(19-8-6-5-7-17(19)22)18-10-12-23(25)26-15(18)2/h5-14H,4H2,1-3H3. The monoisotopic (exact) mass is 452 g/mol. The number of halogens is 1. The highest BCUT2D eigenvalue weighted by Crippen LogP contribution is 2.41. The van der Waals surface area contributed by atoms with E-state index in [2.05, 4.69) is 27.9 Å². The zero-order valence-electron chi connectivity index (χ0n) is 17.4. The Labute approximate surface area is 190 Å². The third-order valence-electron chi connectivity index (χ3n) is 4.85. The summed E-state index contributed by atoms with van der Waals surface area (Å²) in [5, 5.41) is 1.55. The van der Waals surface area contributed by atoms with Gasteiger partial charge in [-0.15, -0.1) is 0 Å². The van der Waals surface area contributed by atoms with Crippen molar-refractivity contribution in [3.8, 4) is 11.4 Å². The van der Waals surface area contributed by atoms with Gasteiger partial charge < -0.3 is 14.0 Å². The van der Waals surface area contributed by atoms with Crippen molar-refractivity contribution in [3.63, 3.8) is 0 Å². The number of carbonyl (C=O) groups is 1. The molecule has 2 aromatic heterocycles. The third-order valence-corrected chi connectivity index (χ3v) is 6.15. The molecule has 0 atom stereocenters. The van der Waals surface area contributed by atoms with Crippen LogP contribution >= 0.6 is 23.4 Å². The second-order valence-corrected chi connectivity index (χ2v) is 8.28. The van der Waals surface area contributed by atoms with Gasteiger partial charge in [0.25, 0.3) is 0 Å². The molecular formula is C24H21ClN2O3S. The van der Waals surface area contributed by atoms with Gasteiger partial charge in [-0.25, -0.2) is 9.78 Å². The molecule has 5 nitrogen and oxygen atoms in total. The van der Waals surface area contributed by atoms with Gasteiger partial charge in [0.2, 0.25) is 0 Å². The fourth-order valence-corrected chi connectivity index (χ4v) is 4.73. The van der Waals surface area contributed by atoms with E-state index >= 15 is 0 Å². The summed E-state index contributed by atoms with van der Waals surface area (Å²) in [5.41, 5.74) is 3.34. The molecule has 0 aliphatic rings. The Hall–Kier alpha value is -2.96. The van der Waals surface area contributed by atoms with Crippen LogP contribution in [-0.2, 0) is 4.74 Å². The molecule has 0 aliphatic heterocycles. The van der Waals surface area contributed by atoms with Crippen LogP contribution in [0.5, 0.6) is 5.75 Å². The maximum atomic E-state index is 12.2. The summed E-state index contributed by atoms with van der Waals surface area (Å²) < 4.78 is 12.8. The number of fused-ring (bicyclic) bond motifs is 1. The first-order chi connectivity index (χ1) is 15.0. The van der Waals surface area contributed by atoms with Gasteiger partial charge in [-0.3, -0.25) is 0 Å². The number of esters is 1. The lowest BCUT2D eigenvalue weighted by Gasteiger charge is -2.10. The number of nitrogens with zero attached hydrogens (tertiary/aromatic N) is 2. The van der Waals surface area contributed by atoms with Crippen LogP contribution in [0.25, 0.3) is 16.6 Å². The fraction of sp³-hybridized carbons (Fsp3) is 0.167. The number of hydrogen-bond acceptors (Lipinski definition) is 5. The van der Waals surface area contributed by atoms with Crippen LogP contribution in [0.2, 0.25) is 5.15 Å². The van der Waals surface area contributed by atoms with E-state index in [1.54, 1.807) is 44.0 Å². The van der Waals surface area contributed by atoms with Gasteiger partial charge in [0.05, 0.1) is 41.1 Å². The lowest BCUT2D eigenvalue weighted by molar-refractivity contribution is 0.0526. The molecule has 0 N–H and O–H groups in total. The molecule has 0 fully saturated rings. The van der Waals surface area contributed by atoms with Gasteiger partial charge in [0, 0.05) is 16.5 Å². The number of aromatic nitrogens is 2. The lowest BCUT2D eigenvalue weighted by atomic mass is 10.2. The zero-order chi connectivity index (χ0) is 22.0. The maximum Gasteiger partial charge on any atom is 0.338 e. The smallest absolute Gasteiger partial charge is 0.338 e. The lowest BCUT2D eigenvalue weighted by Crippen LogP contribution is -2.04. The molecule has 7 heteroatoms. The van der Waals surface area contributed by atoms with Crippen molar-refractivity contribution < 1.29 is 14.3 Å². The molecule has 0 bridgehead atoms. The first kappa shape index (κ1) is 21.3. The van der Waals surface area contributed by atoms with Crippen LogP contribution in [0.4, 0.5) is 0 Å². The first-order valence-electron chi connectivity index (χ1n) is 9.78. The Morgan fingerprint density at radius 2 is 1.94 bits per heavy atom. The van der Waals surface area contributed by atoms with E-state index in [4.69, 9.17) is 21.1 Å². The number of pyridine rings is 1. The summed E-state index contributed by atoms with van der Waals surface area (Å²) in [4.78, 5) is 18.5. The van der Waals surface area contributed by atoms with Gasteiger partial charge in [0.15, 0.2) is 0 Å². The van der Waals surface area contributed by atoms with Crippen molar-refractivity contribution in [2.75, 3.05) is 13.7 Å². The van der Waals surface area contributed by atoms with Crippen molar-refractivity contribution >= 4 is 40.2 Å². The molecule has 2 heterocycles. The van der Waals surface area contributed by atoms with Gasteiger partial charge in [0.1, 0.15) is 10.9 Å². The summed E-state index contributed by atoms with van der Waals surface area (Å²) in [5.74, 6) is 0.344. The van der Waals surface area contributed by atoms with Gasteiger partial charge in [-0.2, -0.15) is 0 Å². The molecule has 158 valence electrons. The van der Waals surface area contributed by atoms with Gasteiger partial charge in [-0.1, -0.05) is 41.6 Å². The van der Waals surface area contributed by atoms with E-state index < -0.39 is 0 Å². The summed E-state index contributed by atoms with van der Waals surface area (Å²) in [6.45, 7) is 4.06. The van der Waals surface area contributed by atoms with E-state index in [1.165, 1.54) is 0 Å². The van der Waals surface area contributed by atoms with Gasteiger partial charge >= 0.3 is 5.97 Å². The number of carbonyl (C=O) groups excluding carboxylic acids is 1. The molecule has 0 aliphatic carbocycles. The second-order valence-electron chi connectivity index (χ2n) is 6.81. The predicted molar refractivity (Wildman–Crippen MR) is 124 cm³/mol. The molecule has 31 heavy (non-hydrogen) atoms. The largest absolute Gasteiger partial charge is 0.496 e. The number of para-hydroxylation sites is 1. The van der Waals surface area contributed by atoms with Crippen LogP contribution in [-0.4, -0.2) is 29.2 Å². The Bertz CT molecular complexity index is 1270. The minimum absolute atomic E-state index is 0.329. The van der Waals surface area contributed by atoms with Crippen molar-refractivity contribution in [1.29, 1.82) is 0 Å². The SMILES string of the molecule is CCOC(=O)c1ccc(OC)c(Sc2cn(-c3ccc(Cl)nc3C)c3ccccc23)c1. The van der Waals surface area contributed by atoms with Gasteiger partial charge in [-0.05, 0) is 50.2 Å². The average molecular weight is 453 g/mol. The Kier molecular flexibility index (Phi) is 6.20. The van der Waals surface area contributed by atoms with Crippen LogP contribution in [0, 0.1) is 6.92 Å². The molecule has 0 saturated heterocycles. The predicted octanol–water partition coefficient (Wildman–Crippen LogP) is 6.32. The second kappa shape index (κ2) is 9.04. The van der Waals surface area contributed by atoms with Crippen molar-refractivity contribution in [3.05, 3.63) is 77.2 Å². The molecule has 4 rings (SSSR count). The van der Waals surface area contributed by atoms with Crippen molar-refractivity contribution in [2.45, 2.75) is 23.6 Å². The fourth-order valence-electron chi connectivity index (χ4n) is 3.42. The van der Waals surface area contributed by atoms with Crippen LogP contribution in [0.1, 0.15) is 23.0 Å². The van der Waals surface area contributed by atoms with Crippen LogP contribution in [0.3, 0.4) is 0 Å². The quantitative estimate of drug-likeness (QED) is 0.253. The highest BCUT2D eigenvalue weighted by molar-refractivity contribution is 7.99. The number of rotatable bonds is 6. The summed E-state index contributed by atoms with van der Waals surface area (Å²) in [6, 6.07) is 17.2. The number of methoxy groups -OCH3 is 1. The number of benzene rings is 2. The van der Waals surface area contributed by atoms with E-state index in [1.807, 2.05) is 31.2 Å². The van der Waals surface area contributed by atoms with E-state index in [-0.39, 0.29) is 5.97 Å². The molecule has 2 aromatic carbocycles. The summed E-state index contributed by atoms with van der Waals surface area (Å²) in [6.07, 6.45) is 2.07. The minimum atomic E-state index is -0.350. The number of hydrogen-bond donors (Lipinski definition) is 0. The highest BCUT2D eigenvalue weighted by atomic mass is 35.5. The maximum absolute atomic E-state index is 12.2. The molecular weight excluding hydrogens is 432 g/mol. The van der Waals surface area contributed by atoms with Crippen molar-refractivity contribution in [1.82, 2.24) is 9.55 Å². The van der Waals surface area contributed by atoms with E-state index in [0.717, 1.165) is 32.1 Å². The van der Waals surface area contributed by atoms with E-state index in [0.29, 0.717) is 23.1 Å². The van der Waals surface area contributed by atoms with E-state index in [9.17, 15) is 4.79 Å². The summed E-state index contributed by atoms with van der Waals surface area (Å²) in [7, 11) is 1.62. The molecule has 0 radical (unpaired) electrons. The topological polar surface area (TPSA) is 53.4 Å². The van der Waals surface area contributed by atoms with Crippen LogP contribution in [0.15, 0.2) is 70.6 Å². The number of ether oxygens (including phenoxy) is 2. The molecule has 0 unspecified atom stereocenters. The zero-order valence-corrected chi connectivity index (χ0v) is 19.0. The molecule has 0 saturated carbocycles. The summed E-state index contributed by atoms with van der Waals surface area (Å²) >= 11 is 7.60. The molecule has 0 spiro atoms. The van der Waals surface area contributed by atoms with Crippen molar-refractivity contribution in [2.24, 2.45) is 0 Å². The Balaban J connectivity index is 1.81. The first-order valence-corrected chi connectivity index (χ1v) is 11.0. The number of aryl methyl sites for hydroxylation is 1. The normalized spacial score (nSPS) is 11.0. The molecule has 0 amide bonds. The Morgan fingerprint density at radius 1 is 1.13 bits per heavy atom. The average Bonchev–Trinajstić information content (AvgIpc) is 3.12. The minimum Gasteiger partial charge on any atom is -0.496 e. The van der Waals surface area contributed by atoms with Crippen LogP contribution < -0.4 is 4.74 Å². The molecule has 4 aromatic rings. The Morgan fingerprint density at radius 3 is 2.68 bits per heavy atom. The highest BCUT2D eigenvalue weighted by Gasteiger charge is 2.17.